The molecule has 0 aliphatic heterocycles. The summed E-state index contributed by atoms with van der Waals surface area (Å²) >= 11 is 0. The van der Waals surface area contributed by atoms with E-state index < -0.39 is 0 Å². The van der Waals surface area contributed by atoms with Crippen LogP contribution in [0.15, 0.2) is 35.1 Å². The van der Waals surface area contributed by atoms with Crippen molar-refractivity contribution >= 4 is 24.3 Å². The van der Waals surface area contributed by atoms with Gasteiger partial charge in [0.1, 0.15) is 45.9 Å². The van der Waals surface area contributed by atoms with Crippen molar-refractivity contribution in [1.82, 2.24) is 4.57 Å². The maximum Gasteiger partial charge on any atom is 0.498 e. The minimum absolute atomic E-state index is 0.0644. The molecule has 0 atom stereocenters. The van der Waals surface area contributed by atoms with E-state index in [1.165, 1.54) is 33.4 Å². The number of rotatable bonds is 4. The lowest BCUT2D eigenvalue weighted by Gasteiger charge is -2.06. The second-order valence-corrected chi connectivity index (χ2v) is 6.86. The quantitative estimate of drug-likeness (QED) is 0.349. The van der Waals surface area contributed by atoms with Crippen molar-refractivity contribution in [3.63, 3.8) is 0 Å². The van der Waals surface area contributed by atoms with Crippen LogP contribution in [-0.4, -0.2) is 35.2 Å². The van der Waals surface area contributed by atoms with E-state index in [1.54, 1.807) is 20.2 Å². The van der Waals surface area contributed by atoms with Gasteiger partial charge in [0.25, 0.3) is 0 Å². The molecule has 0 aliphatic carbocycles. The van der Waals surface area contributed by atoms with E-state index in [0.717, 1.165) is 24.3 Å². The van der Waals surface area contributed by atoms with Gasteiger partial charge in [0.2, 0.25) is 0 Å². The van der Waals surface area contributed by atoms with Crippen LogP contribution in [0.1, 0.15) is 22.5 Å². The highest BCUT2D eigenvalue weighted by Crippen LogP contribution is 2.34. The molecule has 9 heteroatoms. The lowest BCUT2D eigenvalue weighted by atomic mass is 10.1. The number of hydrogen-bond donors (Lipinski definition) is 6. The lowest BCUT2D eigenvalue weighted by molar-refractivity contribution is -0.692. The molecule has 31 heavy (non-hydrogen) atoms. The summed E-state index contributed by atoms with van der Waals surface area (Å²) in [5, 5.41) is 58.6. The summed E-state index contributed by atoms with van der Waals surface area (Å²) in [5.41, 5.74) is 0.603. The van der Waals surface area contributed by atoms with Crippen molar-refractivity contribution in [2.45, 2.75) is 0 Å². The summed E-state index contributed by atoms with van der Waals surface area (Å²) in [6.45, 7) is 0. The maximum absolute atomic E-state index is 12.6. The van der Waals surface area contributed by atoms with E-state index in [4.69, 9.17) is 0 Å². The molecule has 0 spiro atoms. The van der Waals surface area contributed by atoms with Crippen LogP contribution in [0.2, 0.25) is 0 Å². The van der Waals surface area contributed by atoms with E-state index in [1.807, 2.05) is 0 Å². The monoisotopic (exact) mass is 425 g/mol. The molecule has 0 unspecified atom stereocenters. The molecule has 0 bridgehead atoms. The van der Waals surface area contributed by atoms with E-state index in [2.05, 4.69) is 0 Å². The normalized spacial score (nSPS) is 11.5. The molecule has 0 aliphatic rings. The zero-order valence-electron chi connectivity index (χ0n) is 16.7. The predicted molar refractivity (Wildman–Crippen MR) is 114 cm³/mol. The van der Waals surface area contributed by atoms with Gasteiger partial charge in [-0.2, -0.15) is 13.9 Å². The molecule has 1 heterocycles. The number of hydrogen-bond acceptors (Lipinski definition) is 7. The van der Waals surface area contributed by atoms with Crippen molar-refractivity contribution in [2.75, 3.05) is 0 Å². The first-order valence-corrected chi connectivity index (χ1v) is 9.04. The number of phenolic OH excluding ortho intramolecular Hbond substituents is 6. The molecular weight excluding hydrogens is 404 g/mol. The number of nitrogens with zero attached hydrogens (tertiary/aromatic N) is 2. The minimum atomic E-state index is -0.375. The molecule has 3 aromatic rings. The topological polar surface area (TPSA) is 147 Å². The highest BCUT2D eigenvalue weighted by atomic mass is 16.3. The first-order chi connectivity index (χ1) is 14.6. The van der Waals surface area contributed by atoms with Crippen LogP contribution < -0.4 is 10.3 Å². The summed E-state index contributed by atoms with van der Waals surface area (Å²) in [6.07, 6.45) is 5.79. The van der Waals surface area contributed by atoms with Gasteiger partial charge in [-0.1, -0.05) is 0 Å². The molecular formula is C22H21N2O7+. The largest absolute Gasteiger partial charge is 0.508 e. The molecule has 160 valence electrons. The fourth-order valence-corrected chi connectivity index (χ4v) is 3.01. The van der Waals surface area contributed by atoms with Crippen LogP contribution in [0, 0.1) is 0 Å². The van der Waals surface area contributed by atoms with Crippen LogP contribution >= 0.6 is 0 Å². The molecule has 3 rings (SSSR count). The molecule has 0 amide bonds. The van der Waals surface area contributed by atoms with Gasteiger partial charge in [0.15, 0.2) is 0 Å². The van der Waals surface area contributed by atoms with Crippen molar-refractivity contribution in [2.24, 2.45) is 14.1 Å². The Morgan fingerprint density at radius 1 is 0.710 bits per heavy atom. The third-order valence-corrected chi connectivity index (χ3v) is 4.73. The van der Waals surface area contributed by atoms with Crippen LogP contribution in [-0.2, 0) is 14.1 Å². The maximum atomic E-state index is 12.6. The summed E-state index contributed by atoms with van der Waals surface area (Å²) < 4.78 is 2.69. The van der Waals surface area contributed by atoms with E-state index >= 15 is 0 Å². The lowest BCUT2D eigenvalue weighted by Crippen LogP contribution is -2.53. The van der Waals surface area contributed by atoms with Gasteiger partial charge >= 0.3 is 5.69 Å². The number of phenols is 6. The molecule has 2 aromatic carbocycles. The standard InChI is InChI=1S/C22H20N2O7/c1-23-12(3-5-16-18(27)8-14(25)9-19(16)28)7-13(24(2)22(23)31)4-6-17-20(29)10-15(26)11-21(17)30/h3-11H,1-2H3,(H5,25,26,27,28,29,30)/p+1. The molecule has 0 radical (unpaired) electrons. The fraction of sp³-hybridized carbons (Fsp3) is 0.0909. The number of benzene rings is 2. The zero-order chi connectivity index (χ0) is 22.9. The van der Waals surface area contributed by atoms with E-state index in [9.17, 15) is 35.4 Å². The molecule has 0 saturated carbocycles. The van der Waals surface area contributed by atoms with Crippen LogP contribution in [0.5, 0.6) is 34.5 Å². The fourth-order valence-electron chi connectivity index (χ4n) is 3.01. The highest BCUT2D eigenvalue weighted by molar-refractivity contribution is 5.77. The third kappa shape index (κ3) is 4.30. The van der Waals surface area contributed by atoms with Crippen molar-refractivity contribution in [3.05, 3.63) is 63.3 Å². The van der Waals surface area contributed by atoms with Gasteiger partial charge in [0.05, 0.1) is 25.2 Å². The zero-order valence-corrected chi connectivity index (χ0v) is 16.7. The first-order valence-electron chi connectivity index (χ1n) is 9.04. The first kappa shape index (κ1) is 21.3. The Bertz CT molecular complexity index is 1150. The van der Waals surface area contributed by atoms with Crippen molar-refractivity contribution in [1.29, 1.82) is 0 Å². The summed E-state index contributed by atoms with van der Waals surface area (Å²) in [7, 11) is 3.09. The molecule has 0 saturated heterocycles. The van der Waals surface area contributed by atoms with Gasteiger partial charge in [0, 0.05) is 30.3 Å². The number of aromatic hydroxyl groups is 6. The molecule has 1 aromatic heterocycles. The molecule has 6 N–H and O–H groups in total. The van der Waals surface area contributed by atoms with E-state index in [-0.39, 0.29) is 51.3 Å². The molecule has 9 nitrogen and oxygen atoms in total. The van der Waals surface area contributed by atoms with Gasteiger partial charge in [-0.05, 0) is 24.3 Å². The average molecular weight is 425 g/mol. The summed E-state index contributed by atoms with van der Waals surface area (Å²) in [4.78, 5) is 12.6. The Kier molecular flexibility index (Phi) is 5.60. The molecule has 0 fully saturated rings. The second kappa shape index (κ2) is 8.15. The van der Waals surface area contributed by atoms with Crippen LogP contribution in [0.25, 0.3) is 24.3 Å². The van der Waals surface area contributed by atoms with Gasteiger partial charge in [-0.15, -0.1) is 0 Å². The summed E-state index contributed by atoms with van der Waals surface area (Å²) in [6, 6.07) is 5.95. The Morgan fingerprint density at radius 2 is 1.13 bits per heavy atom. The van der Waals surface area contributed by atoms with Crippen LogP contribution in [0.3, 0.4) is 0 Å². The van der Waals surface area contributed by atoms with Crippen LogP contribution in [0.4, 0.5) is 0 Å². The Balaban J connectivity index is 2.05. The number of aromatic nitrogens is 2. The van der Waals surface area contributed by atoms with Gasteiger partial charge in [-0.3, -0.25) is 0 Å². The van der Waals surface area contributed by atoms with Crippen molar-refractivity contribution in [3.8, 4) is 34.5 Å². The second-order valence-electron chi connectivity index (χ2n) is 6.86. The van der Waals surface area contributed by atoms with E-state index in [0.29, 0.717) is 11.4 Å². The average Bonchev–Trinajstić information content (AvgIpc) is 2.67. The third-order valence-electron chi connectivity index (χ3n) is 4.73. The van der Waals surface area contributed by atoms with Gasteiger partial charge < -0.3 is 30.6 Å². The SMILES string of the molecule is Cn1c(/C=C/c2c(O)cc(O)cc2O)cc(/C=C/c2c(O)cc(O)cc2O)[n+](C)c1=O. The smallest absolute Gasteiger partial charge is 0.498 e. The summed E-state index contributed by atoms with van der Waals surface area (Å²) in [5.74, 6) is -1.92. The predicted octanol–water partition coefficient (Wildman–Crippen LogP) is 1.78. The Morgan fingerprint density at radius 3 is 1.58 bits per heavy atom. The Hall–Kier alpha value is -4.40. The van der Waals surface area contributed by atoms with Gasteiger partial charge in [-0.25, -0.2) is 0 Å². The highest BCUT2D eigenvalue weighted by Gasteiger charge is 2.15. The Labute approximate surface area is 176 Å². The van der Waals surface area contributed by atoms with Crippen molar-refractivity contribution < 1.29 is 35.2 Å². The minimum Gasteiger partial charge on any atom is -0.508 e.